The first-order valence-electron chi connectivity index (χ1n) is 14.5. The van der Waals surface area contributed by atoms with Crippen LogP contribution in [0.5, 0.6) is 5.75 Å². The van der Waals surface area contributed by atoms with Gasteiger partial charge in [0.1, 0.15) is 11.4 Å². The lowest BCUT2D eigenvalue weighted by Crippen LogP contribution is -2.49. The second-order valence-electron chi connectivity index (χ2n) is 11.4. The lowest BCUT2D eigenvalue weighted by molar-refractivity contribution is -0.155. The number of nitrogens with zero attached hydrogens (tertiary/aromatic N) is 1. The van der Waals surface area contributed by atoms with E-state index in [1.165, 1.54) is 0 Å². The third-order valence-electron chi connectivity index (χ3n) is 6.88. The molecule has 1 aliphatic rings. The number of amides is 1. The average molecular weight is 652 g/mol. The normalized spacial score (nSPS) is 18.0. The van der Waals surface area contributed by atoms with Crippen molar-refractivity contribution in [2.75, 3.05) is 19.8 Å². The van der Waals surface area contributed by atoms with Crippen LogP contribution >= 0.6 is 15.9 Å². The third kappa shape index (κ3) is 8.91. The molecule has 3 aromatic rings. The number of carbonyl (C=O) groups excluding carboxylic acids is 2. The Morgan fingerprint density at radius 1 is 1.02 bits per heavy atom. The summed E-state index contributed by atoms with van der Waals surface area (Å²) in [6, 6.07) is 24.7. The molecule has 0 fully saturated rings. The highest BCUT2D eigenvalue weighted by Gasteiger charge is 2.53. The molecule has 4 rings (SSSR count). The van der Waals surface area contributed by atoms with Crippen LogP contribution in [0.1, 0.15) is 62.8 Å². The fraction of sp³-hybridized carbons (Fsp3) is 0.382. The topological polar surface area (TPSA) is 106 Å². The predicted octanol–water partition coefficient (Wildman–Crippen LogP) is 5.95. The Morgan fingerprint density at radius 3 is 2.37 bits per heavy atom. The van der Waals surface area contributed by atoms with Crippen LogP contribution in [0.3, 0.4) is 0 Å². The Hall–Kier alpha value is -3.69. The molecular formula is C34H39BrN2O6. The highest BCUT2D eigenvalue weighted by atomic mass is 79.9. The summed E-state index contributed by atoms with van der Waals surface area (Å²) in [4.78, 5) is 32.0. The van der Waals surface area contributed by atoms with Crippen LogP contribution < -0.4 is 10.1 Å². The van der Waals surface area contributed by atoms with Crippen molar-refractivity contribution in [3.05, 3.63) is 100 Å². The van der Waals surface area contributed by atoms with Gasteiger partial charge in [-0.15, -0.1) is 0 Å². The van der Waals surface area contributed by atoms with Crippen molar-refractivity contribution in [3.8, 4) is 5.75 Å². The van der Waals surface area contributed by atoms with E-state index < -0.39 is 23.2 Å². The van der Waals surface area contributed by atoms with Gasteiger partial charge in [0.05, 0.1) is 6.61 Å². The molecule has 1 aliphatic heterocycles. The summed E-state index contributed by atoms with van der Waals surface area (Å²) in [5.74, 6) is 0.220. The molecule has 1 heterocycles. The van der Waals surface area contributed by atoms with Gasteiger partial charge in [0.15, 0.2) is 11.6 Å². The van der Waals surface area contributed by atoms with Crippen LogP contribution in [-0.2, 0) is 25.5 Å². The molecule has 0 aromatic heterocycles. The number of nitrogens with one attached hydrogen (secondary N) is 1. The van der Waals surface area contributed by atoms with Crippen molar-refractivity contribution in [2.24, 2.45) is 4.99 Å². The molecule has 0 aliphatic carbocycles. The quantitative estimate of drug-likeness (QED) is 0.175. The summed E-state index contributed by atoms with van der Waals surface area (Å²) in [6.07, 6.45) is 0.467. The van der Waals surface area contributed by atoms with Gasteiger partial charge in [-0.1, -0.05) is 58.4 Å². The van der Waals surface area contributed by atoms with Gasteiger partial charge in [0, 0.05) is 36.0 Å². The van der Waals surface area contributed by atoms with E-state index in [2.05, 4.69) is 21.2 Å². The molecule has 2 N–H and O–H groups in total. The molecule has 0 saturated heterocycles. The standard InChI is InChI=1S/C34H39BrN2O6/c1-33(2,3)43-29(39)18-20-34(32(40)36-21-19-24-8-5-4-6-9-24)30(25-10-14-27(35)15-11-25)42-31(37-34)26-12-16-28(17-13-26)41-23-7-22-38/h4-6,8-17,30,38H,7,18-23H2,1-3H3,(H,36,40)/t30-,34-/m1/s1. The van der Waals surface area contributed by atoms with Gasteiger partial charge in [0.25, 0.3) is 5.91 Å². The smallest absolute Gasteiger partial charge is 0.306 e. The van der Waals surface area contributed by atoms with Crippen LogP contribution in [0.25, 0.3) is 0 Å². The summed E-state index contributed by atoms with van der Waals surface area (Å²) in [6.45, 7) is 6.29. The van der Waals surface area contributed by atoms with Crippen LogP contribution in [0.2, 0.25) is 0 Å². The van der Waals surface area contributed by atoms with E-state index >= 15 is 0 Å². The number of aliphatic imine (C=N–C) groups is 1. The van der Waals surface area contributed by atoms with Crippen molar-refractivity contribution in [1.29, 1.82) is 0 Å². The zero-order chi connectivity index (χ0) is 30.9. The van der Waals surface area contributed by atoms with Crippen molar-refractivity contribution in [2.45, 2.75) is 63.7 Å². The minimum absolute atomic E-state index is 0.0197. The summed E-state index contributed by atoms with van der Waals surface area (Å²) in [5, 5.41) is 12.1. The molecule has 0 spiro atoms. The van der Waals surface area contributed by atoms with E-state index in [9.17, 15) is 9.59 Å². The molecule has 1 amide bonds. The molecule has 3 aromatic carbocycles. The van der Waals surface area contributed by atoms with Gasteiger partial charge < -0.3 is 24.6 Å². The molecule has 2 atom stereocenters. The molecule has 43 heavy (non-hydrogen) atoms. The number of esters is 1. The summed E-state index contributed by atoms with van der Waals surface area (Å²) < 4.78 is 18.6. The number of hydrogen-bond acceptors (Lipinski definition) is 7. The first-order chi connectivity index (χ1) is 20.6. The van der Waals surface area contributed by atoms with Crippen molar-refractivity contribution in [1.82, 2.24) is 5.32 Å². The predicted molar refractivity (Wildman–Crippen MR) is 169 cm³/mol. The molecule has 0 bridgehead atoms. The lowest BCUT2D eigenvalue weighted by Gasteiger charge is -2.31. The lowest BCUT2D eigenvalue weighted by atomic mass is 9.83. The van der Waals surface area contributed by atoms with E-state index in [4.69, 9.17) is 24.3 Å². The fourth-order valence-corrected chi connectivity index (χ4v) is 5.08. The Labute approximate surface area is 261 Å². The summed E-state index contributed by atoms with van der Waals surface area (Å²) >= 11 is 3.49. The van der Waals surface area contributed by atoms with Gasteiger partial charge in [-0.25, -0.2) is 4.99 Å². The maximum Gasteiger partial charge on any atom is 0.306 e. The number of rotatable bonds is 13. The Morgan fingerprint density at radius 2 is 1.72 bits per heavy atom. The van der Waals surface area contributed by atoms with Crippen molar-refractivity contribution < 1.29 is 28.9 Å². The van der Waals surface area contributed by atoms with Crippen LogP contribution in [0.4, 0.5) is 0 Å². The second kappa shape index (κ2) is 14.7. The number of benzene rings is 3. The van der Waals surface area contributed by atoms with E-state index in [0.29, 0.717) is 43.2 Å². The van der Waals surface area contributed by atoms with E-state index in [1.807, 2.05) is 87.5 Å². The van der Waals surface area contributed by atoms with Crippen LogP contribution in [0.15, 0.2) is 88.3 Å². The summed E-state index contributed by atoms with van der Waals surface area (Å²) in [7, 11) is 0. The number of carbonyl (C=O) groups is 2. The Balaban J connectivity index is 1.67. The van der Waals surface area contributed by atoms with Gasteiger partial charge in [-0.2, -0.15) is 0 Å². The monoisotopic (exact) mass is 650 g/mol. The van der Waals surface area contributed by atoms with Crippen molar-refractivity contribution in [3.63, 3.8) is 0 Å². The molecule has 0 saturated carbocycles. The van der Waals surface area contributed by atoms with E-state index in [-0.39, 0.29) is 25.4 Å². The highest BCUT2D eigenvalue weighted by molar-refractivity contribution is 9.10. The number of aliphatic hydroxyl groups is 1. The highest BCUT2D eigenvalue weighted by Crippen LogP contribution is 2.43. The summed E-state index contributed by atoms with van der Waals surface area (Å²) in [5.41, 5.74) is 0.450. The van der Waals surface area contributed by atoms with E-state index in [0.717, 1.165) is 15.6 Å². The Kier molecular flexibility index (Phi) is 11.0. The van der Waals surface area contributed by atoms with E-state index in [1.54, 1.807) is 12.1 Å². The maximum atomic E-state index is 14.2. The Bertz CT molecular complexity index is 1390. The SMILES string of the molecule is CC(C)(C)OC(=O)CC[C@@]1(C(=O)NCCc2ccccc2)N=C(c2ccc(OCCCO)cc2)O[C@@H]1c1ccc(Br)cc1. The first-order valence-corrected chi connectivity index (χ1v) is 15.3. The minimum Gasteiger partial charge on any atom is -0.494 e. The van der Waals surface area contributed by atoms with Crippen LogP contribution in [-0.4, -0.2) is 53.8 Å². The number of halogens is 1. The molecule has 228 valence electrons. The number of hydrogen-bond donors (Lipinski definition) is 2. The molecule has 8 nitrogen and oxygen atoms in total. The van der Waals surface area contributed by atoms with Gasteiger partial charge >= 0.3 is 5.97 Å². The molecule has 9 heteroatoms. The molecule has 0 radical (unpaired) electrons. The first kappa shape index (κ1) is 32.2. The number of ether oxygens (including phenoxy) is 3. The van der Waals surface area contributed by atoms with Crippen LogP contribution in [0, 0.1) is 0 Å². The van der Waals surface area contributed by atoms with Gasteiger partial charge in [-0.3, -0.25) is 9.59 Å². The van der Waals surface area contributed by atoms with Gasteiger partial charge in [0.2, 0.25) is 5.90 Å². The average Bonchev–Trinajstić information content (AvgIpc) is 3.37. The molecular weight excluding hydrogens is 612 g/mol. The van der Waals surface area contributed by atoms with Crippen molar-refractivity contribution >= 4 is 33.7 Å². The second-order valence-corrected chi connectivity index (χ2v) is 12.3. The zero-order valence-corrected chi connectivity index (χ0v) is 26.4. The largest absolute Gasteiger partial charge is 0.494 e. The number of aliphatic hydroxyl groups excluding tert-OH is 1. The van der Waals surface area contributed by atoms with Gasteiger partial charge in [-0.05, 0) is 81.1 Å². The fourth-order valence-electron chi connectivity index (χ4n) is 4.81. The maximum absolute atomic E-state index is 14.2. The minimum atomic E-state index is -1.42. The third-order valence-corrected chi connectivity index (χ3v) is 7.40. The zero-order valence-electron chi connectivity index (χ0n) is 24.8. The molecule has 0 unspecified atom stereocenters.